The Labute approximate surface area is 185 Å². The molecule has 1 heterocycles. The van der Waals surface area contributed by atoms with Gasteiger partial charge in [0.05, 0.1) is 18.8 Å². The van der Waals surface area contributed by atoms with Crippen LogP contribution < -0.4 is 10.6 Å². The Balaban J connectivity index is 0.00000392. The SMILES string of the molecule is CC(NC(=NCC(=O)N(C)C)NCCCOC1CCOC1)c1ccccc1.I. The van der Waals surface area contributed by atoms with E-state index >= 15 is 0 Å². The highest BCUT2D eigenvalue weighted by molar-refractivity contribution is 14.0. The van der Waals surface area contributed by atoms with Crippen LogP contribution in [0.15, 0.2) is 35.3 Å². The van der Waals surface area contributed by atoms with Crippen molar-refractivity contribution < 1.29 is 14.3 Å². The van der Waals surface area contributed by atoms with Crippen molar-refractivity contribution in [3.05, 3.63) is 35.9 Å². The lowest BCUT2D eigenvalue weighted by molar-refractivity contribution is -0.127. The van der Waals surface area contributed by atoms with Crippen molar-refractivity contribution in [3.8, 4) is 0 Å². The molecule has 158 valence electrons. The molecule has 0 aromatic heterocycles. The normalized spacial score (nSPS) is 17.5. The number of carbonyl (C=O) groups excluding carboxylic acids is 1. The van der Waals surface area contributed by atoms with E-state index < -0.39 is 0 Å². The van der Waals surface area contributed by atoms with E-state index in [9.17, 15) is 4.79 Å². The number of halogens is 1. The summed E-state index contributed by atoms with van der Waals surface area (Å²) in [5.74, 6) is 0.596. The summed E-state index contributed by atoms with van der Waals surface area (Å²) in [7, 11) is 3.46. The van der Waals surface area contributed by atoms with Gasteiger partial charge in [-0.1, -0.05) is 30.3 Å². The van der Waals surface area contributed by atoms with E-state index in [4.69, 9.17) is 9.47 Å². The molecule has 1 aliphatic heterocycles. The fourth-order valence-corrected chi connectivity index (χ4v) is 2.64. The molecule has 2 atom stereocenters. The van der Waals surface area contributed by atoms with Gasteiger partial charge in [-0.3, -0.25) is 4.79 Å². The van der Waals surface area contributed by atoms with Gasteiger partial charge in [0.1, 0.15) is 6.54 Å². The summed E-state index contributed by atoms with van der Waals surface area (Å²) < 4.78 is 11.1. The van der Waals surface area contributed by atoms with E-state index in [0.717, 1.165) is 31.6 Å². The number of carbonyl (C=O) groups is 1. The van der Waals surface area contributed by atoms with Crippen LogP contribution in [0.3, 0.4) is 0 Å². The van der Waals surface area contributed by atoms with Crippen LogP contribution in [0.5, 0.6) is 0 Å². The van der Waals surface area contributed by atoms with Gasteiger partial charge in [-0.05, 0) is 25.3 Å². The summed E-state index contributed by atoms with van der Waals surface area (Å²) >= 11 is 0. The standard InChI is InChI=1S/C20H32N4O3.HI/c1-16(17-8-5-4-6-9-17)23-20(22-14-19(25)24(2)3)21-11-7-12-27-18-10-13-26-15-18;/h4-6,8-9,16,18H,7,10-15H2,1-3H3,(H2,21,22,23);1H. The molecule has 2 N–H and O–H groups in total. The number of ether oxygens (including phenoxy) is 2. The Hall–Kier alpha value is -1.39. The van der Waals surface area contributed by atoms with Gasteiger partial charge < -0.3 is 25.0 Å². The van der Waals surface area contributed by atoms with Gasteiger partial charge in [-0.15, -0.1) is 24.0 Å². The van der Waals surface area contributed by atoms with Crippen molar-refractivity contribution in [2.24, 2.45) is 4.99 Å². The number of benzene rings is 1. The molecule has 2 rings (SSSR count). The van der Waals surface area contributed by atoms with Crippen molar-refractivity contribution in [3.63, 3.8) is 0 Å². The molecule has 1 fully saturated rings. The van der Waals surface area contributed by atoms with Gasteiger partial charge in [0.25, 0.3) is 0 Å². The van der Waals surface area contributed by atoms with E-state index in [1.165, 1.54) is 0 Å². The molecule has 0 bridgehead atoms. The zero-order chi connectivity index (χ0) is 19.5. The van der Waals surface area contributed by atoms with Crippen LogP contribution in [0.25, 0.3) is 0 Å². The molecule has 1 saturated heterocycles. The minimum Gasteiger partial charge on any atom is -0.379 e. The molecule has 2 unspecified atom stereocenters. The second-order valence-corrected chi connectivity index (χ2v) is 6.87. The molecule has 1 aliphatic rings. The monoisotopic (exact) mass is 504 g/mol. The summed E-state index contributed by atoms with van der Waals surface area (Å²) in [4.78, 5) is 17.8. The van der Waals surface area contributed by atoms with E-state index in [1.54, 1.807) is 19.0 Å². The number of rotatable bonds is 9. The number of guanidine groups is 1. The number of aliphatic imine (C=N–C) groups is 1. The molecule has 1 aromatic rings. The third-order valence-electron chi connectivity index (χ3n) is 4.38. The molecule has 0 aliphatic carbocycles. The summed E-state index contributed by atoms with van der Waals surface area (Å²) in [6.07, 6.45) is 2.06. The van der Waals surface area contributed by atoms with Crippen LogP contribution in [0.1, 0.15) is 31.4 Å². The number of nitrogens with one attached hydrogen (secondary N) is 2. The first-order chi connectivity index (χ1) is 13.1. The van der Waals surface area contributed by atoms with E-state index in [0.29, 0.717) is 19.2 Å². The Morgan fingerprint density at radius 2 is 2.11 bits per heavy atom. The molecule has 8 heteroatoms. The Kier molecular flexibility index (Phi) is 12.1. The fraction of sp³-hybridized carbons (Fsp3) is 0.600. The topological polar surface area (TPSA) is 75.2 Å². The molecular formula is C20H33IN4O3. The summed E-state index contributed by atoms with van der Waals surface area (Å²) in [5.41, 5.74) is 1.16. The number of hydrogen-bond donors (Lipinski definition) is 2. The number of amides is 1. The van der Waals surface area contributed by atoms with Crippen molar-refractivity contribution in [2.45, 2.75) is 31.9 Å². The largest absolute Gasteiger partial charge is 0.379 e. The minimum absolute atomic E-state index is 0. The molecule has 0 spiro atoms. The summed E-state index contributed by atoms with van der Waals surface area (Å²) in [5, 5.41) is 6.66. The van der Waals surface area contributed by atoms with Crippen molar-refractivity contribution in [1.82, 2.24) is 15.5 Å². The predicted molar refractivity (Wildman–Crippen MR) is 122 cm³/mol. The average Bonchev–Trinajstić information content (AvgIpc) is 3.19. The first-order valence-electron chi connectivity index (χ1n) is 9.55. The highest BCUT2D eigenvalue weighted by Gasteiger charge is 2.15. The lowest BCUT2D eigenvalue weighted by Gasteiger charge is -2.19. The summed E-state index contributed by atoms with van der Waals surface area (Å²) in [6.45, 7) is 5.07. The van der Waals surface area contributed by atoms with Gasteiger partial charge in [0, 0.05) is 33.9 Å². The predicted octanol–water partition coefficient (Wildman–Crippen LogP) is 2.18. The van der Waals surface area contributed by atoms with Crippen LogP contribution in [0, 0.1) is 0 Å². The van der Waals surface area contributed by atoms with Crippen LogP contribution in [0.2, 0.25) is 0 Å². The van der Waals surface area contributed by atoms with Crippen LogP contribution in [-0.4, -0.2) is 69.9 Å². The molecule has 7 nitrogen and oxygen atoms in total. The second kappa shape index (κ2) is 13.7. The van der Waals surface area contributed by atoms with Crippen molar-refractivity contribution in [1.29, 1.82) is 0 Å². The van der Waals surface area contributed by atoms with E-state index in [2.05, 4.69) is 34.7 Å². The lowest BCUT2D eigenvalue weighted by Crippen LogP contribution is -2.40. The molecule has 0 saturated carbocycles. The van der Waals surface area contributed by atoms with Crippen molar-refractivity contribution >= 4 is 35.8 Å². The fourth-order valence-electron chi connectivity index (χ4n) is 2.64. The molecule has 1 amide bonds. The third-order valence-corrected chi connectivity index (χ3v) is 4.38. The molecule has 1 aromatic carbocycles. The van der Waals surface area contributed by atoms with Crippen LogP contribution in [0.4, 0.5) is 0 Å². The van der Waals surface area contributed by atoms with Gasteiger partial charge in [-0.25, -0.2) is 4.99 Å². The number of nitrogens with zero attached hydrogens (tertiary/aromatic N) is 2. The highest BCUT2D eigenvalue weighted by atomic mass is 127. The van der Waals surface area contributed by atoms with E-state index in [-0.39, 0.29) is 48.6 Å². The Bertz CT molecular complexity index is 592. The van der Waals surface area contributed by atoms with Crippen LogP contribution >= 0.6 is 24.0 Å². The second-order valence-electron chi connectivity index (χ2n) is 6.87. The van der Waals surface area contributed by atoms with Crippen LogP contribution in [-0.2, 0) is 14.3 Å². The molecular weight excluding hydrogens is 471 g/mol. The minimum atomic E-state index is -0.0342. The van der Waals surface area contributed by atoms with Gasteiger partial charge >= 0.3 is 0 Å². The Morgan fingerprint density at radius 3 is 2.75 bits per heavy atom. The maximum Gasteiger partial charge on any atom is 0.243 e. The number of likely N-dealkylation sites (N-methyl/N-ethyl adjacent to an activating group) is 1. The third kappa shape index (κ3) is 9.20. The first-order valence-corrected chi connectivity index (χ1v) is 9.55. The maximum atomic E-state index is 11.9. The van der Waals surface area contributed by atoms with Gasteiger partial charge in [-0.2, -0.15) is 0 Å². The molecule has 0 radical (unpaired) electrons. The quantitative estimate of drug-likeness (QED) is 0.234. The molecule has 28 heavy (non-hydrogen) atoms. The maximum absolute atomic E-state index is 11.9. The summed E-state index contributed by atoms with van der Waals surface area (Å²) in [6, 6.07) is 10.2. The number of hydrogen-bond acceptors (Lipinski definition) is 4. The first kappa shape index (κ1) is 24.6. The van der Waals surface area contributed by atoms with Crippen molar-refractivity contribution in [2.75, 3.05) is 47.0 Å². The smallest absolute Gasteiger partial charge is 0.243 e. The zero-order valence-corrected chi connectivity index (χ0v) is 19.3. The average molecular weight is 504 g/mol. The van der Waals surface area contributed by atoms with Gasteiger partial charge in [0.15, 0.2) is 5.96 Å². The Morgan fingerprint density at radius 1 is 1.36 bits per heavy atom. The lowest BCUT2D eigenvalue weighted by atomic mass is 10.1. The highest BCUT2D eigenvalue weighted by Crippen LogP contribution is 2.11. The zero-order valence-electron chi connectivity index (χ0n) is 17.0. The van der Waals surface area contributed by atoms with Gasteiger partial charge in [0.2, 0.25) is 5.91 Å². The van der Waals surface area contributed by atoms with E-state index in [1.807, 2.05) is 18.2 Å².